The Balaban J connectivity index is 1.45. The lowest BCUT2D eigenvalue weighted by Gasteiger charge is -2.18. The van der Waals surface area contributed by atoms with Gasteiger partial charge in [-0.05, 0) is 42.7 Å². The molecule has 5 nitrogen and oxygen atoms in total. The van der Waals surface area contributed by atoms with Gasteiger partial charge in [-0.2, -0.15) is 18.3 Å². The van der Waals surface area contributed by atoms with Gasteiger partial charge in [0, 0.05) is 31.5 Å². The van der Waals surface area contributed by atoms with Crippen LogP contribution in [0.3, 0.4) is 0 Å². The molecule has 0 aliphatic carbocycles. The van der Waals surface area contributed by atoms with Crippen molar-refractivity contribution in [3.63, 3.8) is 0 Å². The van der Waals surface area contributed by atoms with Gasteiger partial charge in [0.05, 0.1) is 0 Å². The van der Waals surface area contributed by atoms with Crippen molar-refractivity contribution in [3.05, 3.63) is 48.0 Å². The van der Waals surface area contributed by atoms with Gasteiger partial charge in [-0.1, -0.05) is 0 Å². The van der Waals surface area contributed by atoms with E-state index >= 15 is 0 Å². The Morgan fingerprint density at radius 3 is 2.62 bits per heavy atom. The largest absolute Gasteiger partial charge is 0.435 e. The van der Waals surface area contributed by atoms with Crippen LogP contribution in [0.1, 0.15) is 12.1 Å². The van der Waals surface area contributed by atoms with Gasteiger partial charge in [0.15, 0.2) is 5.69 Å². The molecule has 0 saturated carbocycles. The highest BCUT2D eigenvalue weighted by atomic mass is 19.4. The molecule has 1 N–H and O–H groups in total. The summed E-state index contributed by atoms with van der Waals surface area (Å²) in [7, 11) is 0. The minimum Gasteiger partial charge on any atom is -0.371 e. The van der Waals surface area contributed by atoms with Gasteiger partial charge >= 0.3 is 6.18 Å². The fourth-order valence-electron chi connectivity index (χ4n) is 2.95. The number of amides is 1. The van der Waals surface area contributed by atoms with Gasteiger partial charge in [0.2, 0.25) is 5.91 Å². The zero-order valence-corrected chi connectivity index (χ0v) is 13.8. The quantitative estimate of drug-likeness (QED) is 0.824. The zero-order chi connectivity index (χ0) is 18.7. The molecule has 1 atom stereocenters. The van der Waals surface area contributed by atoms with Crippen LogP contribution in [-0.4, -0.2) is 35.3 Å². The van der Waals surface area contributed by atoms with Crippen LogP contribution in [0.25, 0.3) is 0 Å². The Labute approximate surface area is 147 Å². The third-order valence-corrected chi connectivity index (χ3v) is 4.30. The van der Waals surface area contributed by atoms with Crippen LogP contribution in [0.4, 0.5) is 23.2 Å². The molecule has 1 amide bonds. The lowest BCUT2D eigenvalue weighted by Crippen LogP contribution is -2.33. The van der Waals surface area contributed by atoms with Crippen LogP contribution in [0.2, 0.25) is 0 Å². The summed E-state index contributed by atoms with van der Waals surface area (Å²) < 4.78 is 51.4. The summed E-state index contributed by atoms with van der Waals surface area (Å²) in [4.78, 5) is 14.0. The minimum atomic E-state index is -4.52. The van der Waals surface area contributed by atoms with Crippen molar-refractivity contribution in [2.75, 3.05) is 24.5 Å². The number of hydrogen-bond donors (Lipinski definition) is 1. The number of rotatable bonds is 5. The average molecular weight is 370 g/mol. The second kappa shape index (κ2) is 7.35. The predicted molar refractivity (Wildman–Crippen MR) is 87.0 cm³/mol. The number of alkyl halides is 3. The number of halogens is 4. The van der Waals surface area contributed by atoms with Crippen LogP contribution in [0.5, 0.6) is 0 Å². The lowest BCUT2D eigenvalue weighted by molar-refractivity contribution is -0.141. The van der Waals surface area contributed by atoms with Gasteiger partial charge in [-0.25, -0.2) is 4.39 Å². The monoisotopic (exact) mass is 370 g/mol. The van der Waals surface area contributed by atoms with E-state index in [1.54, 1.807) is 12.1 Å². The van der Waals surface area contributed by atoms with E-state index in [1.807, 2.05) is 0 Å². The van der Waals surface area contributed by atoms with E-state index in [-0.39, 0.29) is 24.2 Å². The Hall–Kier alpha value is -2.58. The molecule has 2 aromatic rings. The van der Waals surface area contributed by atoms with E-state index in [4.69, 9.17) is 0 Å². The Morgan fingerprint density at radius 2 is 1.96 bits per heavy atom. The number of carbonyl (C=O) groups is 1. The summed E-state index contributed by atoms with van der Waals surface area (Å²) in [6.07, 6.45) is -2.51. The Kier molecular flexibility index (Phi) is 5.15. The van der Waals surface area contributed by atoms with E-state index in [0.717, 1.165) is 42.1 Å². The highest BCUT2D eigenvalue weighted by molar-refractivity contribution is 5.75. The van der Waals surface area contributed by atoms with Crippen molar-refractivity contribution in [2.24, 2.45) is 5.92 Å². The normalized spacial score (nSPS) is 17.5. The Bertz CT molecular complexity index is 757. The van der Waals surface area contributed by atoms with Crippen LogP contribution in [-0.2, 0) is 17.5 Å². The molecule has 1 unspecified atom stereocenters. The highest BCUT2D eigenvalue weighted by Gasteiger charge is 2.33. The number of nitrogens with zero attached hydrogens (tertiary/aromatic N) is 3. The molecule has 2 heterocycles. The molecule has 3 rings (SSSR count). The van der Waals surface area contributed by atoms with Crippen LogP contribution < -0.4 is 10.2 Å². The third-order valence-electron chi connectivity index (χ3n) is 4.30. The number of carbonyl (C=O) groups excluding carboxylic acids is 1. The molecule has 1 aliphatic heterocycles. The zero-order valence-electron chi connectivity index (χ0n) is 13.8. The summed E-state index contributed by atoms with van der Waals surface area (Å²) in [5.41, 5.74) is -0.0903. The molecule has 0 radical (unpaired) electrons. The molecule has 140 valence electrons. The molecule has 1 aromatic heterocycles. The molecule has 1 saturated heterocycles. The molecule has 1 aromatic carbocycles. The van der Waals surface area contributed by atoms with Crippen molar-refractivity contribution in [1.82, 2.24) is 15.1 Å². The summed E-state index contributed by atoms with van der Waals surface area (Å²) in [5, 5.41) is 6.09. The molecule has 0 bridgehead atoms. The summed E-state index contributed by atoms with van der Waals surface area (Å²) in [6, 6.07) is 7.08. The van der Waals surface area contributed by atoms with Crippen molar-refractivity contribution < 1.29 is 22.4 Å². The van der Waals surface area contributed by atoms with Crippen molar-refractivity contribution in [2.45, 2.75) is 19.1 Å². The minimum absolute atomic E-state index is 0.229. The summed E-state index contributed by atoms with van der Waals surface area (Å²) in [5.74, 6) is -0.446. The van der Waals surface area contributed by atoms with E-state index in [1.165, 1.54) is 12.1 Å². The highest BCUT2D eigenvalue weighted by Crippen LogP contribution is 2.27. The summed E-state index contributed by atoms with van der Waals surface area (Å²) >= 11 is 0. The molecule has 9 heteroatoms. The standard InChI is InChI=1S/C17H18F4N4O/c18-13-1-3-14(4-2-13)24-7-5-12(10-24)9-22-16(26)11-25-8-6-15(23-25)17(19,20)21/h1-4,6,8,12H,5,7,9-11H2,(H,22,26). The molecule has 1 aliphatic rings. The van der Waals surface area contributed by atoms with Crippen molar-refractivity contribution >= 4 is 11.6 Å². The van der Waals surface area contributed by atoms with Crippen LogP contribution >= 0.6 is 0 Å². The number of aromatic nitrogens is 2. The molecule has 0 spiro atoms. The fraction of sp³-hybridized carbons (Fsp3) is 0.412. The van der Waals surface area contributed by atoms with E-state index in [9.17, 15) is 22.4 Å². The summed E-state index contributed by atoms with van der Waals surface area (Å²) in [6.45, 7) is 1.71. The number of nitrogens with one attached hydrogen (secondary N) is 1. The molecule has 1 fully saturated rings. The smallest absolute Gasteiger partial charge is 0.371 e. The van der Waals surface area contributed by atoms with E-state index < -0.39 is 11.9 Å². The Morgan fingerprint density at radius 1 is 1.23 bits per heavy atom. The first-order valence-electron chi connectivity index (χ1n) is 8.19. The first-order chi connectivity index (χ1) is 12.3. The fourth-order valence-corrected chi connectivity index (χ4v) is 2.95. The lowest BCUT2D eigenvalue weighted by atomic mass is 10.1. The van der Waals surface area contributed by atoms with Crippen molar-refractivity contribution in [1.29, 1.82) is 0 Å². The second-order valence-electron chi connectivity index (χ2n) is 6.28. The molecular formula is C17H18F4N4O. The number of hydrogen-bond acceptors (Lipinski definition) is 3. The molecular weight excluding hydrogens is 352 g/mol. The maximum Gasteiger partial charge on any atom is 0.435 e. The first-order valence-corrected chi connectivity index (χ1v) is 8.19. The second-order valence-corrected chi connectivity index (χ2v) is 6.28. The number of anilines is 1. The van der Waals surface area contributed by atoms with Gasteiger partial charge in [-0.3, -0.25) is 9.48 Å². The molecule has 26 heavy (non-hydrogen) atoms. The van der Waals surface area contributed by atoms with Crippen LogP contribution in [0, 0.1) is 11.7 Å². The average Bonchev–Trinajstić information content (AvgIpc) is 3.22. The maximum atomic E-state index is 13.0. The van der Waals surface area contributed by atoms with Crippen molar-refractivity contribution in [3.8, 4) is 0 Å². The SMILES string of the molecule is O=C(Cn1ccc(C(F)(F)F)n1)NCC1CCN(c2ccc(F)cc2)C1. The van der Waals surface area contributed by atoms with Gasteiger partial charge in [0.1, 0.15) is 12.4 Å². The maximum absolute atomic E-state index is 13.0. The predicted octanol–water partition coefficient (Wildman–Crippen LogP) is 2.68. The van der Waals surface area contributed by atoms with Gasteiger partial charge in [-0.15, -0.1) is 0 Å². The van der Waals surface area contributed by atoms with Crippen LogP contribution in [0.15, 0.2) is 36.5 Å². The topological polar surface area (TPSA) is 50.2 Å². The number of benzene rings is 1. The first kappa shape index (κ1) is 18.2. The van der Waals surface area contributed by atoms with Gasteiger partial charge < -0.3 is 10.2 Å². The van der Waals surface area contributed by atoms with E-state index in [2.05, 4.69) is 15.3 Å². The third kappa shape index (κ3) is 4.53. The van der Waals surface area contributed by atoms with E-state index in [0.29, 0.717) is 6.54 Å². The van der Waals surface area contributed by atoms with Gasteiger partial charge in [0.25, 0.3) is 0 Å².